The zero-order valence-corrected chi connectivity index (χ0v) is 14.6. The Hall–Kier alpha value is -2.31. The average molecular weight is 368 g/mol. The minimum absolute atomic E-state index is 0.111. The topological polar surface area (TPSA) is 71.5 Å². The van der Waals surface area contributed by atoms with Crippen LogP contribution < -0.4 is 10.1 Å². The molecule has 6 nitrogen and oxygen atoms in total. The first-order chi connectivity index (χ1) is 11.4. The van der Waals surface area contributed by atoms with Gasteiger partial charge in [0.1, 0.15) is 16.1 Å². The largest absolute Gasteiger partial charge is 0.497 e. The van der Waals surface area contributed by atoms with Crippen molar-refractivity contribution in [3.05, 3.63) is 52.3 Å². The molecule has 2 rings (SSSR count). The highest BCUT2D eigenvalue weighted by atomic mass is 35.5. The molecule has 0 aliphatic rings. The second-order valence-electron chi connectivity index (χ2n) is 4.94. The van der Waals surface area contributed by atoms with Crippen molar-refractivity contribution in [3.63, 3.8) is 0 Å². The number of amides is 2. The molecule has 1 aromatic carbocycles. The van der Waals surface area contributed by atoms with Crippen molar-refractivity contribution < 1.29 is 14.3 Å². The Balaban J connectivity index is 2.01. The fourth-order valence-corrected chi connectivity index (χ4v) is 2.46. The second kappa shape index (κ2) is 7.99. The van der Waals surface area contributed by atoms with E-state index in [-0.39, 0.29) is 34.2 Å². The predicted molar refractivity (Wildman–Crippen MR) is 92.8 cm³/mol. The summed E-state index contributed by atoms with van der Waals surface area (Å²) in [5.41, 5.74) is 0.840. The smallest absolute Gasteiger partial charge is 0.254 e. The molecule has 0 saturated heterocycles. The molecule has 0 aliphatic carbocycles. The first-order valence-electron chi connectivity index (χ1n) is 6.91. The standard InChI is InChI=1S/C16H15Cl2N3O3/c1-21(16(23)10-6-13(17)20-14(18)7-10)9-15(22)19-11-4-3-5-12(8-11)24-2/h3-8H,9H2,1-2H3,(H,19,22). The van der Waals surface area contributed by atoms with Gasteiger partial charge in [-0.25, -0.2) is 4.98 Å². The average Bonchev–Trinajstić information content (AvgIpc) is 2.53. The number of likely N-dealkylation sites (N-methyl/N-ethyl adjacent to an activating group) is 1. The van der Waals surface area contributed by atoms with Crippen molar-refractivity contribution in [2.24, 2.45) is 0 Å². The molecule has 8 heteroatoms. The molecule has 1 N–H and O–H groups in total. The number of nitrogens with zero attached hydrogens (tertiary/aromatic N) is 2. The number of anilines is 1. The van der Waals surface area contributed by atoms with Gasteiger partial charge in [-0.2, -0.15) is 0 Å². The molecule has 2 amide bonds. The number of aromatic nitrogens is 1. The third-order valence-corrected chi connectivity index (χ3v) is 3.48. The van der Waals surface area contributed by atoms with E-state index in [0.717, 1.165) is 0 Å². The fraction of sp³-hybridized carbons (Fsp3) is 0.188. The van der Waals surface area contributed by atoms with Crippen molar-refractivity contribution in [1.29, 1.82) is 0 Å². The summed E-state index contributed by atoms with van der Waals surface area (Å²) in [5, 5.41) is 2.92. The SMILES string of the molecule is COc1cccc(NC(=O)CN(C)C(=O)c2cc(Cl)nc(Cl)c2)c1. The number of ether oxygens (including phenoxy) is 1. The minimum Gasteiger partial charge on any atom is -0.497 e. The van der Waals surface area contributed by atoms with Crippen LogP contribution in [0, 0.1) is 0 Å². The number of carbonyl (C=O) groups is 2. The third-order valence-electron chi connectivity index (χ3n) is 3.09. The summed E-state index contributed by atoms with van der Waals surface area (Å²) in [4.78, 5) is 29.4. The van der Waals surface area contributed by atoms with Crippen molar-refractivity contribution >= 4 is 40.7 Å². The van der Waals surface area contributed by atoms with Gasteiger partial charge in [-0.05, 0) is 24.3 Å². The van der Waals surface area contributed by atoms with E-state index in [9.17, 15) is 9.59 Å². The molecule has 0 radical (unpaired) electrons. The second-order valence-corrected chi connectivity index (χ2v) is 5.72. The molecule has 0 unspecified atom stereocenters. The number of hydrogen-bond acceptors (Lipinski definition) is 4. The van der Waals surface area contributed by atoms with E-state index in [2.05, 4.69) is 10.3 Å². The van der Waals surface area contributed by atoms with E-state index >= 15 is 0 Å². The summed E-state index contributed by atoms with van der Waals surface area (Å²) < 4.78 is 5.09. The van der Waals surface area contributed by atoms with Crippen molar-refractivity contribution in [3.8, 4) is 5.75 Å². The molecule has 0 fully saturated rings. The molecule has 2 aromatic rings. The van der Waals surface area contributed by atoms with Crippen molar-refractivity contribution in [2.45, 2.75) is 0 Å². The normalized spacial score (nSPS) is 10.2. The van der Waals surface area contributed by atoms with Crippen LogP contribution >= 0.6 is 23.2 Å². The summed E-state index contributed by atoms with van der Waals surface area (Å²) >= 11 is 11.6. The molecular formula is C16H15Cl2N3O3. The fourth-order valence-electron chi connectivity index (χ4n) is 2.00. The number of carbonyl (C=O) groups excluding carboxylic acids is 2. The highest BCUT2D eigenvalue weighted by Crippen LogP contribution is 2.17. The van der Waals surface area contributed by atoms with Gasteiger partial charge in [-0.1, -0.05) is 29.3 Å². The summed E-state index contributed by atoms with van der Waals surface area (Å²) in [6, 6.07) is 9.72. The van der Waals surface area contributed by atoms with Crippen LogP contribution in [-0.4, -0.2) is 42.4 Å². The zero-order chi connectivity index (χ0) is 17.7. The maximum Gasteiger partial charge on any atom is 0.254 e. The minimum atomic E-state index is -0.387. The lowest BCUT2D eigenvalue weighted by Crippen LogP contribution is -2.35. The summed E-state index contributed by atoms with van der Waals surface area (Å²) in [5.74, 6) is -0.106. The van der Waals surface area contributed by atoms with Crippen molar-refractivity contribution in [1.82, 2.24) is 9.88 Å². The Labute approximate surface area is 149 Å². The Morgan fingerprint density at radius 2 is 1.88 bits per heavy atom. The van der Waals surface area contributed by atoms with Gasteiger partial charge in [-0.3, -0.25) is 9.59 Å². The van der Waals surface area contributed by atoms with E-state index in [4.69, 9.17) is 27.9 Å². The van der Waals surface area contributed by atoms with Gasteiger partial charge in [0.15, 0.2) is 0 Å². The quantitative estimate of drug-likeness (QED) is 0.824. The van der Waals surface area contributed by atoms with Gasteiger partial charge in [0, 0.05) is 24.4 Å². The highest BCUT2D eigenvalue weighted by Gasteiger charge is 2.16. The first-order valence-corrected chi connectivity index (χ1v) is 7.67. The number of benzene rings is 1. The van der Waals surface area contributed by atoms with Crippen LogP contribution in [0.2, 0.25) is 10.3 Å². The summed E-state index contributed by atoms with van der Waals surface area (Å²) in [6.07, 6.45) is 0. The first kappa shape index (κ1) is 18.0. The molecule has 0 bridgehead atoms. The van der Waals surface area contributed by atoms with E-state index in [1.165, 1.54) is 24.1 Å². The lowest BCUT2D eigenvalue weighted by molar-refractivity contribution is -0.116. The molecule has 0 atom stereocenters. The van der Waals surface area contributed by atoms with Crippen molar-refractivity contribution in [2.75, 3.05) is 26.0 Å². The lowest BCUT2D eigenvalue weighted by Gasteiger charge is -2.17. The van der Waals surface area contributed by atoms with Crippen LogP contribution in [0.25, 0.3) is 0 Å². The van der Waals surface area contributed by atoms with Crippen LogP contribution in [0.5, 0.6) is 5.75 Å². The molecule has 24 heavy (non-hydrogen) atoms. The van der Waals surface area contributed by atoms with Crippen LogP contribution in [-0.2, 0) is 4.79 Å². The Bertz CT molecular complexity index is 748. The zero-order valence-electron chi connectivity index (χ0n) is 13.0. The molecule has 1 heterocycles. The van der Waals surface area contributed by atoms with Crippen LogP contribution in [0.1, 0.15) is 10.4 Å². The maximum absolute atomic E-state index is 12.3. The third kappa shape index (κ3) is 4.84. The molecule has 0 aliphatic heterocycles. The van der Waals surface area contributed by atoms with Crippen LogP contribution in [0.3, 0.4) is 0 Å². The lowest BCUT2D eigenvalue weighted by atomic mass is 10.2. The van der Waals surface area contributed by atoms with E-state index in [1.54, 1.807) is 31.4 Å². The summed E-state index contributed by atoms with van der Waals surface area (Å²) in [7, 11) is 3.05. The number of hydrogen-bond donors (Lipinski definition) is 1. The number of methoxy groups -OCH3 is 1. The molecule has 0 spiro atoms. The number of rotatable bonds is 5. The van der Waals surface area contributed by atoms with E-state index in [0.29, 0.717) is 11.4 Å². The van der Waals surface area contributed by atoms with E-state index in [1.807, 2.05) is 0 Å². The Kier molecular flexibility index (Phi) is 6.00. The van der Waals surface area contributed by atoms with Gasteiger partial charge in [0.2, 0.25) is 5.91 Å². The molecular weight excluding hydrogens is 353 g/mol. The van der Waals surface area contributed by atoms with Gasteiger partial charge in [0.25, 0.3) is 5.91 Å². The summed E-state index contributed by atoms with van der Waals surface area (Å²) in [6.45, 7) is -0.131. The van der Waals surface area contributed by atoms with E-state index < -0.39 is 0 Å². The monoisotopic (exact) mass is 367 g/mol. The Morgan fingerprint density at radius 1 is 1.21 bits per heavy atom. The number of nitrogens with one attached hydrogen (secondary N) is 1. The molecule has 0 saturated carbocycles. The van der Waals surface area contributed by atoms with Gasteiger partial charge in [-0.15, -0.1) is 0 Å². The van der Waals surface area contributed by atoms with Gasteiger partial charge in [0.05, 0.1) is 13.7 Å². The maximum atomic E-state index is 12.3. The van der Waals surface area contributed by atoms with Crippen LogP contribution in [0.4, 0.5) is 5.69 Å². The predicted octanol–water partition coefficient (Wildman–Crippen LogP) is 3.11. The Morgan fingerprint density at radius 3 is 2.50 bits per heavy atom. The van der Waals surface area contributed by atoms with Crippen LogP contribution in [0.15, 0.2) is 36.4 Å². The van der Waals surface area contributed by atoms with Gasteiger partial charge < -0.3 is 15.0 Å². The number of pyridine rings is 1. The van der Waals surface area contributed by atoms with Gasteiger partial charge >= 0.3 is 0 Å². The number of halogens is 2. The molecule has 1 aromatic heterocycles. The highest BCUT2D eigenvalue weighted by molar-refractivity contribution is 6.33. The molecule has 126 valence electrons.